The summed E-state index contributed by atoms with van der Waals surface area (Å²) in [6, 6.07) is 4.94. The third-order valence-corrected chi connectivity index (χ3v) is 3.38. The monoisotopic (exact) mass is 189 g/mol. The third kappa shape index (κ3) is 1.20. The van der Waals surface area contributed by atoms with Crippen molar-refractivity contribution in [1.82, 2.24) is 10.3 Å². The third-order valence-electron chi connectivity index (χ3n) is 3.38. The van der Waals surface area contributed by atoms with Gasteiger partial charge in [0.1, 0.15) is 0 Å². The molecule has 1 N–H and O–H groups in total. The van der Waals surface area contributed by atoms with Crippen LogP contribution in [0.1, 0.15) is 6.42 Å². The highest BCUT2D eigenvalue weighted by molar-refractivity contribution is 5.48. The van der Waals surface area contributed by atoms with Gasteiger partial charge < -0.3 is 10.2 Å². The first-order valence-corrected chi connectivity index (χ1v) is 5.32. The van der Waals surface area contributed by atoms with Crippen LogP contribution >= 0.6 is 0 Å². The van der Waals surface area contributed by atoms with Crippen LogP contribution in [0.15, 0.2) is 24.5 Å². The Morgan fingerprint density at radius 3 is 3.29 bits per heavy atom. The van der Waals surface area contributed by atoms with E-state index in [0.717, 1.165) is 18.5 Å². The predicted molar refractivity (Wildman–Crippen MR) is 56.3 cm³/mol. The number of fused-ring (bicyclic) bond motifs is 1. The molecule has 0 amide bonds. The maximum Gasteiger partial charge on any atom is 0.0555 e. The lowest BCUT2D eigenvalue weighted by atomic mass is 9.83. The number of hydrogen-bond donors (Lipinski definition) is 1. The molecule has 0 aromatic carbocycles. The van der Waals surface area contributed by atoms with Crippen molar-refractivity contribution in [2.24, 2.45) is 5.92 Å². The van der Waals surface area contributed by atoms with Crippen molar-refractivity contribution < 1.29 is 0 Å². The normalized spacial score (nSPS) is 30.7. The first kappa shape index (κ1) is 8.24. The Hall–Kier alpha value is -1.09. The highest BCUT2D eigenvalue weighted by Gasteiger charge is 2.40. The van der Waals surface area contributed by atoms with Gasteiger partial charge in [0.05, 0.1) is 11.9 Å². The Balaban J connectivity index is 1.76. The number of rotatable bonds is 1. The molecule has 3 nitrogen and oxygen atoms in total. The minimum absolute atomic E-state index is 0.764. The van der Waals surface area contributed by atoms with E-state index in [1.54, 1.807) is 0 Å². The Morgan fingerprint density at radius 1 is 1.50 bits per heavy atom. The lowest BCUT2D eigenvalue weighted by Gasteiger charge is -2.52. The summed E-state index contributed by atoms with van der Waals surface area (Å²) in [4.78, 5) is 6.65. The second kappa shape index (κ2) is 3.24. The average molecular weight is 189 g/mol. The summed E-state index contributed by atoms with van der Waals surface area (Å²) >= 11 is 0. The van der Waals surface area contributed by atoms with Crippen LogP contribution in [0, 0.1) is 5.92 Å². The van der Waals surface area contributed by atoms with E-state index in [-0.39, 0.29) is 0 Å². The summed E-state index contributed by atoms with van der Waals surface area (Å²) in [5.41, 5.74) is 1.29. The van der Waals surface area contributed by atoms with Crippen molar-refractivity contribution in [3.05, 3.63) is 24.5 Å². The lowest BCUT2D eigenvalue weighted by molar-refractivity contribution is 0.230. The molecule has 2 aliphatic heterocycles. The molecule has 2 saturated heterocycles. The molecule has 1 aromatic rings. The van der Waals surface area contributed by atoms with Gasteiger partial charge in [0.25, 0.3) is 0 Å². The first-order chi connectivity index (χ1) is 6.95. The summed E-state index contributed by atoms with van der Waals surface area (Å²) in [5.74, 6) is 0.865. The van der Waals surface area contributed by atoms with E-state index < -0.39 is 0 Å². The topological polar surface area (TPSA) is 28.2 Å². The first-order valence-electron chi connectivity index (χ1n) is 5.32. The van der Waals surface area contributed by atoms with Gasteiger partial charge in [0.15, 0.2) is 0 Å². The van der Waals surface area contributed by atoms with E-state index in [2.05, 4.69) is 21.3 Å². The second-order valence-electron chi connectivity index (χ2n) is 4.18. The summed E-state index contributed by atoms with van der Waals surface area (Å²) in [6.07, 6.45) is 5.08. The lowest BCUT2D eigenvalue weighted by Crippen LogP contribution is -2.63. The van der Waals surface area contributed by atoms with Crippen LogP contribution in [0.3, 0.4) is 0 Å². The predicted octanol–water partition coefficient (Wildman–Crippen LogP) is 0.880. The molecule has 0 aliphatic carbocycles. The average Bonchev–Trinajstić information content (AvgIpc) is 2.22. The SMILES string of the molecule is c1cncc(N2C[C@@H]3CNCC[C@@H]32)c1. The molecule has 14 heavy (non-hydrogen) atoms. The zero-order valence-corrected chi connectivity index (χ0v) is 8.19. The van der Waals surface area contributed by atoms with Gasteiger partial charge in [0.2, 0.25) is 0 Å². The van der Waals surface area contributed by atoms with Gasteiger partial charge in [-0.05, 0) is 25.1 Å². The molecule has 3 heterocycles. The molecular weight excluding hydrogens is 174 g/mol. The highest BCUT2D eigenvalue weighted by Crippen LogP contribution is 2.33. The number of pyridine rings is 1. The maximum atomic E-state index is 4.17. The number of anilines is 1. The van der Waals surface area contributed by atoms with Crippen molar-refractivity contribution in [2.45, 2.75) is 12.5 Å². The largest absolute Gasteiger partial charge is 0.366 e. The van der Waals surface area contributed by atoms with Gasteiger partial charge in [-0.3, -0.25) is 4.98 Å². The number of nitrogens with zero attached hydrogens (tertiary/aromatic N) is 2. The van der Waals surface area contributed by atoms with Crippen LogP contribution in [0.2, 0.25) is 0 Å². The summed E-state index contributed by atoms with van der Waals surface area (Å²) < 4.78 is 0. The molecule has 0 radical (unpaired) electrons. The minimum atomic E-state index is 0.764. The maximum absolute atomic E-state index is 4.17. The fourth-order valence-corrected chi connectivity index (χ4v) is 2.58. The van der Waals surface area contributed by atoms with Crippen molar-refractivity contribution in [2.75, 3.05) is 24.5 Å². The zero-order valence-electron chi connectivity index (χ0n) is 8.19. The molecule has 3 rings (SSSR count). The fraction of sp³-hybridized carbons (Fsp3) is 0.545. The van der Waals surface area contributed by atoms with Crippen LogP contribution in [-0.2, 0) is 0 Å². The minimum Gasteiger partial charge on any atom is -0.366 e. The van der Waals surface area contributed by atoms with Crippen molar-refractivity contribution >= 4 is 5.69 Å². The van der Waals surface area contributed by atoms with Gasteiger partial charge in [-0.1, -0.05) is 0 Å². The van der Waals surface area contributed by atoms with Crippen molar-refractivity contribution in [3.63, 3.8) is 0 Å². The molecule has 0 bridgehead atoms. The number of hydrogen-bond acceptors (Lipinski definition) is 3. The van der Waals surface area contributed by atoms with Crippen LogP contribution < -0.4 is 10.2 Å². The van der Waals surface area contributed by atoms with Crippen LogP contribution in [-0.4, -0.2) is 30.7 Å². The number of aromatic nitrogens is 1. The standard InChI is InChI=1S/C11H15N3/c1-2-10(7-12-4-1)14-8-9-6-13-5-3-11(9)14/h1-2,4,7,9,11,13H,3,5-6,8H2/t9-,11-/m0/s1. The van der Waals surface area contributed by atoms with E-state index in [0.29, 0.717) is 0 Å². The molecule has 1 aromatic heterocycles. The van der Waals surface area contributed by atoms with E-state index in [4.69, 9.17) is 0 Å². The van der Waals surface area contributed by atoms with Gasteiger partial charge in [-0.2, -0.15) is 0 Å². The van der Waals surface area contributed by atoms with E-state index in [1.165, 1.54) is 25.2 Å². The number of nitrogens with one attached hydrogen (secondary N) is 1. The molecule has 2 atom stereocenters. The Bertz CT molecular complexity index is 312. The molecular formula is C11H15N3. The van der Waals surface area contributed by atoms with Crippen LogP contribution in [0.5, 0.6) is 0 Å². The van der Waals surface area contributed by atoms with Gasteiger partial charge in [-0.25, -0.2) is 0 Å². The quantitative estimate of drug-likeness (QED) is 0.711. The highest BCUT2D eigenvalue weighted by atomic mass is 15.3. The molecule has 0 unspecified atom stereocenters. The van der Waals surface area contributed by atoms with Gasteiger partial charge in [-0.15, -0.1) is 0 Å². The van der Waals surface area contributed by atoms with E-state index in [1.807, 2.05) is 18.5 Å². The second-order valence-corrected chi connectivity index (χ2v) is 4.18. The molecule has 0 spiro atoms. The van der Waals surface area contributed by atoms with E-state index >= 15 is 0 Å². The Morgan fingerprint density at radius 2 is 2.50 bits per heavy atom. The molecule has 2 fully saturated rings. The molecule has 2 aliphatic rings. The number of piperidine rings is 1. The van der Waals surface area contributed by atoms with Crippen LogP contribution in [0.25, 0.3) is 0 Å². The smallest absolute Gasteiger partial charge is 0.0555 e. The molecule has 74 valence electrons. The summed E-state index contributed by atoms with van der Waals surface area (Å²) in [5, 5.41) is 3.45. The van der Waals surface area contributed by atoms with Gasteiger partial charge in [0, 0.05) is 31.2 Å². The fourth-order valence-electron chi connectivity index (χ4n) is 2.58. The summed E-state index contributed by atoms with van der Waals surface area (Å²) in [6.45, 7) is 3.56. The Kier molecular flexibility index (Phi) is 1.91. The van der Waals surface area contributed by atoms with Crippen LogP contribution in [0.4, 0.5) is 5.69 Å². The van der Waals surface area contributed by atoms with Crippen molar-refractivity contribution in [1.29, 1.82) is 0 Å². The van der Waals surface area contributed by atoms with Gasteiger partial charge >= 0.3 is 0 Å². The van der Waals surface area contributed by atoms with Crippen molar-refractivity contribution in [3.8, 4) is 0 Å². The van der Waals surface area contributed by atoms with E-state index in [9.17, 15) is 0 Å². The molecule has 0 saturated carbocycles. The zero-order chi connectivity index (χ0) is 9.38. The Labute approximate surface area is 84.1 Å². The molecule has 3 heteroatoms. The summed E-state index contributed by atoms with van der Waals surface area (Å²) in [7, 11) is 0.